The first-order valence-corrected chi connectivity index (χ1v) is 8.85. The maximum atomic E-state index is 12.9. The van der Waals surface area contributed by atoms with E-state index in [1.54, 1.807) is 6.07 Å². The topological polar surface area (TPSA) is 84.4 Å². The quantitative estimate of drug-likeness (QED) is 0.805. The Balaban J connectivity index is 1.73. The van der Waals surface area contributed by atoms with E-state index in [9.17, 15) is 4.79 Å². The average Bonchev–Trinajstić information content (AvgIpc) is 3.22. The van der Waals surface area contributed by atoms with E-state index < -0.39 is 0 Å². The molecular formula is C17H28N4O2. The van der Waals surface area contributed by atoms with Crippen molar-refractivity contribution in [2.24, 2.45) is 11.7 Å². The molecule has 0 aromatic carbocycles. The first-order valence-electron chi connectivity index (χ1n) is 8.85. The van der Waals surface area contributed by atoms with Crippen LogP contribution in [0.25, 0.3) is 0 Å². The van der Waals surface area contributed by atoms with Crippen LogP contribution in [0.5, 0.6) is 0 Å². The van der Waals surface area contributed by atoms with E-state index in [1.807, 2.05) is 6.92 Å². The molecule has 4 atom stereocenters. The van der Waals surface area contributed by atoms with Crippen LogP contribution in [0.1, 0.15) is 51.2 Å². The highest BCUT2D eigenvalue weighted by molar-refractivity contribution is 5.94. The molecule has 23 heavy (non-hydrogen) atoms. The Kier molecular flexibility index (Phi) is 5.02. The summed E-state index contributed by atoms with van der Waals surface area (Å²) in [6.45, 7) is 4.71. The minimum Gasteiger partial charge on any atom is -0.360 e. The molecule has 2 bridgehead atoms. The molecule has 6 heteroatoms. The van der Waals surface area contributed by atoms with Crippen LogP contribution in [0.4, 0.5) is 5.82 Å². The molecule has 0 aliphatic carbocycles. The lowest BCUT2D eigenvalue weighted by Crippen LogP contribution is -2.47. The molecule has 1 aromatic heterocycles. The first kappa shape index (κ1) is 16.5. The van der Waals surface area contributed by atoms with Gasteiger partial charge in [0.05, 0.1) is 6.04 Å². The van der Waals surface area contributed by atoms with Gasteiger partial charge in [0.15, 0.2) is 5.82 Å². The van der Waals surface area contributed by atoms with Gasteiger partial charge in [-0.3, -0.25) is 9.69 Å². The van der Waals surface area contributed by atoms with Gasteiger partial charge >= 0.3 is 0 Å². The van der Waals surface area contributed by atoms with Crippen molar-refractivity contribution < 1.29 is 9.32 Å². The summed E-state index contributed by atoms with van der Waals surface area (Å²) in [5.74, 6) is 1.80. The highest BCUT2D eigenvalue weighted by atomic mass is 16.5. The van der Waals surface area contributed by atoms with Crippen LogP contribution >= 0.6 is 0 Å². The molecule has 1 amide bonds. The normalized spacial score (nSPS) is 28.2. The number of anilines is 1. The van der Waals surface area contributed by atoms with Crippen LogP contribution < -0.4 is 11.1 Å². The Morgan fingerprint density at radius 3 is 3.00 bits per heavy atom. The molecule has 3 heterocycles. The van der Waals surface area contributed by atoms with Crippen molar-refractivity contribution in [2.75, 3.05) is 11.9 Å². The molecule has 0 radical (unpaired) electrons. The molecule has 3 rings (SSSR count). The number of nitrogens with one attached hydrogen (secondary N) is 1. The number of aromatic nitrogens is 1. The molecule has 2 aliphatic rings. The summed E-state index contributed by atoms with van der Waals surface area (Å²) in [6.07, 6.45) is 6.55. The third-order valence-electron chi connectivity index (χ3n) is 5.39. The van der Waals surface area contributed by atoms with Crippen LogP contribution in [-0.4, -0.2) is 40.6 Å². The highest BCUT2D eigenvalue weighted by Crippen LogP contribution is 2.43. The van der Waals surface area contributed by atoms with Crippen molar-refractivity contribution in [3.05, 3.63) is 11.8 Å². The third-order valence-corrected chi connectivity index (χ3v) is 5.39. The van der Waals surface area contributed by atoms with E-state index in [4.69, 9.17) is 10.3 Å². The summed E-state index contributed by atoms with van der Waals surface area (Å²) in [7, 11) is 0. The Labute approximate surface area is 137 Å². The number of hydrogen-bond donors (Lipinski definition) is 2. The smallest absolute Gasteiger partial charge is 0.242 e. The van der Waals surface area contributed by atoms with Gasteiger partial charge in [-0.2, -0.15) is 0 Å². The van der Waals surface area contributed by atoms with Crippen LogP contribution in [0.3, 0.4) is 0 Å². The standard InChI is InChI=1S/C17H28N4O2/c1-3-4-5-15(17(22)19-16-8-11(2)23-20-16)21-13-6-7-14(21)12(9-13)10-18/h8,12-15H,3-7,9-10,18H2,1-2H3,(H,19,20,22)/t12-,13+,14-,15?/m0/s1. The Morgan fingerprint density at radius 2 is 2.39 bits per heavy atom. The number of rotatable bonds is 7. The number of hydrogen-bond acceptors (Lipinski definition) is 5. The van der Waals surface area contributed by atoms with Crippen LogP contribution in [0.2, 0.25) is 0 Å². The molecule has 3 N–H and O–H groups in total. The maximum Gasteiger partial charge on any atom is 0.242 e. The summed E-state index contributed by atoms with van der Waals surface area (Å²) in [4.78, 5) is 15.3. The van der Waals surface area contributed by atoms with E-state index in [0.717, 1.165) is 32.2 Å². The summed E-state index contributed by atoms with van der Waals surface area (Å²) in [6, 6.07) is 2.66. The predicted octanol–water partition coefficient (Wildman–Crippen LogP) is 2.29. The zero-order chi connectivity index (χ0) is 16.4. The first-order chi connectivity index (χ1) is 11.1. The van der Waals surface area contributed by atoms with Gasteiger partial charge in [0.2, 0.25) is 5.91 Å². The van der Waals surface area contributed by atoms with Crippen molar-refractivity contribution in [3.8, 4) is 0 Å². The second-order valence-corrected chi connectivity index (χ2v) is 6.95. The van der Waals surface area contributed by atoms with Crippen LogP contribution in [-0.2, 0) is 4.79 Å². The van der Waals surface area contributed by atoms with Gasteiger partial charge in [-0.15, -0.1) is 0 Å². The van der Waals surface area contributed by atoms with Crippen molar-refractivity contribution in [2.45, 2.75) is 70.5 Å². The molecule has 2 saturated heterocycles. The lowest BCUT2D eigenvalue weighted by Gasteiger charge is -2.31. The summed E-state index contributed by atoms with van der Waals surface area (Å²) < 4.78 is 5.05. The number of nitrogens with two attached hydrogens (primary N) is 1. The molecule has 6 nitrogen and oxygen atoms in total. The number of carbonyl (C=O) groups excluding carboxylic acids is 1. The summed E-state index contributed by atoms with van der Waals surface area (Å²) in [5, 5.41) is 6.82. The molecular weight excluding hydrogens is 292 g/mol. The van der Waals surface area contributed by atoms with E-state index in [0.29, 0.717) is 29.6 Å². The molecule has 1 aromatic rings. The van der Waals surface area contributed by atoms with Gasteiger partial charge in [0.25, 0.3) is 0 Å². The Morgan fingerprint density at radius 1 is 1.57 bits per heavy atom. The Bertz CT molecular complexity index is 544. The van der Waals surface area contributed by atoms with Gasteiger partial charge in [-0.1, -0.05) is 24.9 Å². The number of carbonyl (C=O) groups is 1. The molecule has 128 valence electrons. The minimum absolute atomic E-state index is 0.0429. The third kappa shape index (κ3) is 3.28. The minimum atomic E-state index is -0.0824. The van der Waals surface area contributed by atoms with E-state index in [-0.39, 0.29) is 11.9 Å². The highest BCUT2D eigenvalue weighted by Gasteiger charge is 2.49. The number of unbranched alkanes of at least 4 members (excludes halogenated alkanes) is 1. The Hall–Kier alpha value is -1.40. The molecule has 0 saturated carbocycles. The zero-order valence-corrected chi connectivity index (χ0v) is 14.1. The summed E-state index contributed by atoms with van der Waals surface area (Å²) >= 11 is 0. The maximum absolute atomic E-state index is 12.9. The lowest BCUT2D eigenvalue weighted by molar-refractivity contribution is -0.122. The van der Waals surface area contributed by atoms with E-state index in [1.165, 1.54) is 12.8 Å². The second kappa shape index (κ2) is 7.01. The second-order valence-electron chi connectivity index (χ2n) is 6.95. The lowest BCUT2D eigenvalue weighted by atomic mass is 9.89. The van der Waals surface area contributed by atoms with Crippen molar-refractivity contribution >= 4 is 11.7 Å². The van der Waals surface area contributed by atoms with Gasteiger partial charge in [-0.05, 0) is 45.1 Å². The fourth-order valence-electron chi connectivity index (χ4n) is 4.34. The number of fused-ring (bicyclic) bond motifs is 2. The van der Waals surface area contributed by atoms with Crippen molar-refractivity contribution in [3.63, 3.8) is 0 Å². The molecule has 1 unspecified atom stereocenters. The van der Waals surface area contributed by atoms with Crippen molar-refractivity contribution in [1.29, 1.82) is 0 Å². The largest absolute Gasteiger partial charge is 0.360 e. The SMILES string of the molecule is CCCCC(C(=O)Nc1cc(C)on1)N1[C@@H]2CC[C@H]1[C@H](CN)C2. The number of amides is 1. The van der Waals surface area contributed by atoms with Gasteiger partial charge < -0.3 is 15.6 Å². The number of nitrogens with zero attached hydrogens (tertiary/aromatic N) is 2. The number of aryl methyl sites for hydroxylation is 1. The fraction of sp³-hybridized carbons (Fsp3) is 0.765. The van der Waals surface area contributed by atoms with Gasteiger partial charge in [0, 0.05) is 18.2 Å². The monoisotopic (exact) mass is 320 g/mol. The average molecular weight is 320 g/mol. The predicted molar refractivity (Wildman–Crippen MR) is 89.0 cm³/mol. The zero-order valence-electron chi connectivity index (χ0n) is 14.1. The molecule has 2 fully saturated rings. The van der Waals surface area contributed by atoms with Crippen molar-refractivity contribution in [1.82, 2.24) is 10.1 Å². The fourth-order valence-corrected chi connectivity index (χ4v) is 4.34. The van der Waals surface area contributed by atoms with Gasteiger partial charge in [-0.25, -0.2) is 0 Å². The van der Waals surface area contributed by atoms with E-state index in [2.05, 4.69) is 22.3 Å². The van der Waals surface area contributed by atoms with E-state index >= 15 is 0 Å². The summed E-state index contributed by atoms with van der Waals surface area (Å²) in [5.41, 5.74) is 5.94. The van der Waals surface area contributed by atoms with Crippen LogP contribution in [0.15, 0.2) is 10.6 Å². The molecule has 0 spiro atoms. The molecule has 2 aliphatic heterocycles. The van der Waals surface area contributed by atoms with Gasteiger partial charge in [0.1, 0.15) is 5.76 Å². The van der Waals surface area contributed by atoms with Crippen LogP contribution in [0, 0.1) is 12.8 Å².